The van der Waals surface area contributed by atoms with Crippen LogP contribution in [0.15, 0.2) is 0 Å². The van der Waals surface area contributed by atoms with Gasteiger partial charge in [-0.2, -0.15) is 0 Å². The average molecular weight is 187 g/mol. The number of ether oxygens (including phenoxy) is 2. The maximum absolute atomic E-state index is 5.87. The van der Waals surface area contributed by atoms with Crippen molar-refractivity contribution in [2.75, 3.05) is 20.3 Å². The summed E-state index contributed by atoms with van der Waals surface area (Å²) in [6.07, 6.45) is 2.32. The molecule has 1 rings (SSSR count). The summed E-state index contributed by atoms with van der Waals surface area (Å²) in [5.74, 6) is 0. The first-order chi connectivity index (χ1) is 6.09. The summed E-state index contributed by atoms with van der Waals surface area (Å²) in [6, 6.07) is 0.305. The lowest BCUT2D eigenvalue weighted by Crippen LogP contribution is -2.59. The zero-order chi connectivity index (χ0) is 9.90. The SMILES string of the molecule is COCCCOC1CC(N)C1(C)C. The van der Waals surface area contributed by atoms with Crippen molar-refractivity contribution in [2.24, 2.45) is 11.1 Å². The summed E-state index contributed by atoms with van der Waals surface area (Å²) in [5.41, 5.74) is 6.03. The van der Waals surface area contributed by atoms with E-state index in [1.54, 1.807) is 7.11 Å². The Morgan fingerprint density at radius 1 is 1.38 bits per heavy atom. The third-order valence-electron chi connectivity index (χ3n) is 3.07. The van der Waals surface area contributed by atoms with Crippen LogP contribution in [0.3, 0.4) is 0 Å². The summed E-state index contributed by atoms with van der Waals surface area (Å²) in [6.45, 7) is 5.90. The second-order valence-electron chi connectivity index (χ2n) is 4.37. The Morgan fingerprint density at radius 2 is 2.08 bits per heavy atom. The Balaban J connectivity index is 2.10. The summed E-state index contributed by atoms with van der Waals surface area (Å²) >= 11 is 0. The lowest BCUT2D eigenvalue weighted by Gasteiger charge is -2.49. The van der Waals surface area contributed by atoms with Crippen molar-refractivity contribution in [3.8, 4) is 0 Å². The van der Waals surface area contributed by atoms with E-state index in [1.165, 1.54) is 0 Å². The largest absolute Gasteiger partial charge is 0.385 e. The van der Waals surface area contributed by atoms with E-state index in [-0.39, 0.29) is 5.41 Å². The normalized spacial score (nSPS) is 31.4. The number of methoxy groups -OCH3 is 1. The van der Waals surface area contributed by atoms with E-state index in [0.717, 1.165) is 26.1 Å². The topological polar surface area (TPSA) is 44.5 Å². The minimum atomic E-state index is 0.160. The van der Waals surface area contributed by atoms with Gasteiger partial charge in [0, 0.05) is 31.8 Å². The molecule has 0 aromatic heterocycles. The van der Waals surface area contributed by atoms with Crippen LogP contribution in [-0.4, -0.2) is 32.5 Å². The van der Waals surface area contributed by atoms with Crippen LogP contribution in [0.25, 0.3) is 0 Å². The molecular formula is C10H21NO2. The van der Waals surface area contributed by atoms with Crippen molar-refractivity contribution in [1.82, 2.24) is 0 Å². The minimum Gasteiger partial charge on any atom is -0.385 e. The van der Waals surface area contributed by atoms with Crippen LogP contribution in [-0.2, 0) is 9.47 Å². The van der Waals surface area contributed by atoms with E-state index in [1.807, 2.05) is 0 Å². The van der Waals surface area contributed by atoms with E-state index >= 15 is 0 Å². The first-order valence-electron chi connectivity index (χ1n) is 4.95. The van der Waals surface area contributed by atoms with E-state index in [9.17, 15) is 0 Å². The molecule has 2 unspecified atom stereocenters. The van der Waals surface area contributed by atoms with Gasteiger partial charge in [-0.05, 0) is 12.8 Å². The predicted molar refractivity (Wildman–Crippen MR) is 52.6 cm³/mol. The van der Waals surface area contributed by atoms with E-state index in [0.29, 0.717) is 12.1 Å². The quantitative estimate of drug-likeness (QED) is 0.657. The van der Waals surface area contributed by atoms with Gasteiger partial charge in [-0.15, -0.1) is 0 Å². The molecule has 1 saturated carbocycles. The molecule has 0 aromatic carbocycles. The summed E-state index contributed by atoms with van der Waals surface area (Å²) in [7, 11) is 1.71. The first kappa shape index (κ1) is 11.0. The number of hydrogen-bond donors (Lipinski definition) is 1. The molecule has 0 spiro atoms. The van der Waals surface area contributed by atoms with Crippen LogP contribution in [0.5, 0.6) is 0 Å². The maximum Gasteiger partial charge on any atom is 0.0655 e. The van der Waals surface area contributed by atoms with E-state index in [2.05, 4.69) is 13.8 Å². The summed E-state index contributed by atoms with van der Waals surface area (Å²) in [5, 5.41) is 0. The van der Waals surface area contributed by atoms with Gasteiger partial charge >= 0.3 is 0 Å². The van der Waals surface area contributed by atoms with Crippen molar-refractivity contribution < 1.29 is 9.47 Å². The Kier molecular flexibility index (Phi) is 3.71. The zero-order valence-corrected chi connectivity index (χ0v) is 8.88. The molecule has 0 heterocycles. The smallest absolute Gasteiger partial charge is 0.0655 e. The molecule has 0 bridgehead atoms. The molecule has 0 aromatic rings. The van der Waals surface area contributed by atoms with Gasteiger partial charge in [0.1, 0.15) is 0 Å². The van der Waals surface area contributed by atoms with Crippen LogP contribution >= 0.6 is 0 Å². The van der Waals surface area contributed by atoms with Gasteiger partial charge in [0.25, 0.3) is 0 Å². The molecular weight excluding hydrogens is 166 g/mol. The number of hydrogen-bond acceptors (Lipinski definition) is 3. The predicted octanol–water partition coefficient (Wildman–Crippen LogP) is 1.17. The van der Waals surface area contributed by atoms with Gasteiger partial charge in [-0.1, -0.05) is 13.8 Å². The Morgan fingerprint density at radius 3 is 2.54 bits per heavy atom. The monoisotopic (exact) mass is 187 g/mol. The van der Waals surface area contributed by atoms with Crippen LogP contribution in [0.2, 0.25) is 0 Å². The lowest BCUT2D eigenvalue weighted by atomic mass is 9.65. The van der Waals surface area contributed by atoms with Crippen LogP contribution in [0, 0.1) is 5.41 Å². The van der Waals surface area contributed by atoms with Gasteiger partial charge in [-0.25, -0.2) is 0 Å². The second kappa shape index (κ2) is 4.40. The summed E-state index contributed by atoms with van der Waals surface area (Å²) in [4.78, 5) is 0. The van der Waals surface area contributed by atoms with Crippen molar-refractivity contribution >= 4 is 0 Å². The number of rotatable bonds is 5. The third kappa shape index (κ3) is 2.42. The maximum atomic E-state index is 5.87. The highest BCUT2D eigenvalue weighted by atomic mass is 16.5. The van der Waals surface area contributed by atoms with Crippen molar-refractivity contribution in [1.29, 1.82) is 0 Å². The molecule has 0 saturated heterocycles. The molecule has 1 aliphatic carbocycles. The molecule has 3 heteroatoms. The molecule has 3 nitrogen and oxygen atoms in total. The summed E-state index contributed by atoms with van der Waals surface area (Å²) < 4.78 is 10.6. The molecule has 1 fully saturated rings. The Hall–Kier alpha value is -0.120. The first-order valence-corrected chi connectivity index (χ1v) is 4.95. The molecule has 1 aliphatic rings. The van der Waals surface area contributed by atoms with Gasteiger partial charge in [-0.3, -0.25) is 0 Å². The van der Waals surface area contributed by atoms with Gasteiger partial charge in [0.2, 0.25) is 0 Å². The van der Waals surface area contributed by atoms with E-state index < -0.39 is 0 Å². The third-order valence-corrected chi connectivity index (χ3v) is 3.07. The molecule has 2 atom stereocenters. The molecule has 13 heavy (non-hydrogen) atoms. The van der Waals surface area contributed by atoms with Crippen LogP contribution in [0.4, 0.5) is 0 Å². The fourth-order valence-corrected chi connectivity index (χ4v) is 1.63. The van der Waals surface area contributed by atoms with Gasteiger partial charge in [0.15, 0.2) is 0 Å². The van der Waals surface area contributed by atoms with Gasteiger partial charge < -0.3 is 15.2 Å². The fraction of sp³-hybridized carbons (Fsp3) is 1.00. The highest BCUT2D eigenvalue weighted by Crippen LogP contribution is 2.41. The second-order valence-corrected chi connectivity index (χ2v) is 4.37. The van der Waals surface area contributed by atoms with Gasteiger partial charge in [0.05, 0.1) is 6.10 Å². The highest BCUT2D eigenvalue weighted by Gasteiger charge is 2.46. The van der Waals surface area contributed by atoms with Crippen LogP contribution in [0.1, 0.15) is 26.7 Å². The Labute approximate surface area is 80.6 Å². The fourth-order valence-electron chi connectivity index (χ4n) is 1.63. The number of nitrogens with two attached hydrogens (primary N) is 1. The molecule has 2 N–H and O–H groups in total. The Bertz CT molecular complexity index is 159. The molecule has 0 aliphatic heterocycles. The van der Waals surface area contributed by atoms with Crippen LogP contribution < -0.4 is 5.73 Å². The highest BCUT2D eigenvalue weighted by molar-refractivity contribution is 5.00. The molecule has 78 valence electrons. The minimum absolute atomic E-state index is 0.160. The average Bonchev–Trinajstić information content (AvgIpc) is 2.10. The van der Waals surface area contributed by atoms with Crippen molar-refractivity contribution in [3.63, 3.8) is 0 Å². The molecule has 0 amide bonds. The standard InChI is InChI=1S/C10H21NO2/c1-10(2)8(11)7-9(10)13-6-4-5-12-3/h8-9H,4-7,11H2,1-3H3. The lowest BCUT2D eigenvalue weighted by molar-refractivity contribution is -0.110. The van der Waals surface area contributed by atoms with Crippen molar-refractivity contribution in [3.05, 3.63) is 0 Å². The van der Waals surface area contributed by atoms with Crippen molar-refractivity contribution in [2.45, 2.75) is 38.8 Å². The zero-order valence-electron chi connectivity index (χ0n) is 8.88. The van der Waals surface area contributed by atoms with E-state index in [4.69, 9.17) is 15.2 Å². The molecule has 0 radical (unpaired) electrons.